The normalized spacial score (nSPS) is 26.9. The van der Waals surface area contributed by atoms with Crippen LogP contribution in [0.15, 0.2) is 24.3 Å². The number of alkyl halides is 3. The Balaban J connectivity index is 1.91. The van der Waals surface area contributed by atoms with Crippen LogP contribution in [0.4, 0.5) is 13.2 Å². The maximum absolute atomic E-state index is 13.4. The lowest BCUT2D eigenvalue weighted by atomic mass is 9.99. The second-order valence-corrected chi connectivity index (χ2v) is 6.71. The third-order valence-corrected chi connectivity index (χ3v) is 4.69. The van der Waals surface area contributed by atoms with Crippen molar-refractivity contribution in [2.24, 2.45) is 0 Å². The summed E-state index contributed by atoms with van der Waals surface area (Å²) < 4.78 is 50.8. The molecule has 5 atom stereocenters. The number of terminal acetylenes is 1. The number of rotatable bonds is 5. The molecule has 1 aromatic carbocycles. The highest BCUT2D eigenvalue weighted by atomic mass is 19.4. The van der Waals surface area contributed by atoms with E-state index in [0.29, 0.717) is 11.1 Å². The molecule has 5 N–H and O–H groups in total. The first-order valence-corrected chi connectivity index (χ1v) is 8.82. The van der Waals surface area contributed by atoms with Gasteiger partial charge in [0, 0.05) is 12.0 Å². The van der Waals surface area contributed by atoms with Crippen LogP contribution in [0.2, 0.25) is 0 Å². The first-order valence-electron chi connectivity index (χ1n) is 8.82. The van der Waals surface area contributed by atoms with Crippen molar-refractivity contribution in [1.29, 1.82) is 0 Å². The van der Waals surface area contributed by atoms with Crippen molar-refractivity contribution < 1.29 is 43.1 Å². The number of hydrogen-bond donors (Lipinski definition) is 5. The molecule has 8 nitrogen and oxygen atoms in total. The average Bonchev–Trinajstić information content (AvgIpc) is 3.11. The summed E-state index contributed by atoms with van der Waals surface area (Å²) in [5.74, 6) is 1.90. The van der Waals surface area contributed by atoms with Crippen molar-refractivity contribution in [2.45, 2.75) is 43.3 Å². The van der Waals surface area contributed by atoms with Gasteiger partial charge in [-0.05, 0) is 17.7 Å². The smallest absolute Gasteiger partial charge is 0.433 e. The van der Waals surface area contributed by atoms with Crippen LogP contribution in [0, 0.1) is 12.3 Å². The first-order chi connectivity index (χ1) is 14.2. The average molecular weight is 428 g/mol. The van der Waals surface area contributed by atoms with Crippen molar-refractivity contribution >= 4 is 0 Å². The van der Waals surface area contributed by atoms with Crippen molar-refractivity contribution in [3.05, 3.63) is 46.6 Å². The van der Waals surface area contributed by atoms with Crippen LogP contribution >= 0.6 is 0 Å². The van der Waals surface area contributed by atoms with Gasteiger partial charge < -0.3 is 29.9 Å². The molecule has 11 heteroatoms. The summed E-state index contributed by atoms with van der Waals surface area (Å²) in [6, 6.07) is 6.25. The molecular formula is C19H19F3N2O6. The summed E-state index contributed by atoms with van der Waals surface area (Å²) in [4.78, 5) is 0. The van der Waals surface area contributed by atoms with Crippen LogP contribution in [0.5, 0.6) is 5.88 Å². The van der Waals surface area contributed by atoms with Crippen molar-refractivity contribution in [3.8, 4) is 18.2 Å². The molecule has 1 aliphatic rings. The lowest BCUT2D eigenvalue weighted by Gasteiger charge is -2.39. The minimum absolute atomic E-state index is 0.233. The molecule has 0 amide bonds. The summed E-state index contributed by atoms with van der Waals surface area (Å²) in [6.07, 6.45) is -7.86. The van der Waals surface area contributed by atoms with Gasteiger partial charge in [0.15, 0.2) is 0 Å². The largest absolute Gasteiger partial charge is 0.443 e. The van der Waals surface area contributed by atoms with E-state index in [-0.39, 0.29) is 12.0 Å². The van der Waals surface area contributed by atoms with Gasteiger partial charge in [-0.1, -0.05) is 18.1 Å². The van der Waals surface area contributed by atoms with Gasteiger partial charge in [-0.2, -0.15) is 13.2 Å². The Morgan fingerprint density at radius 3 is 2.37 bits per heavy atom. The third kappa shape index (κ3) is 4.43. The molecule has 162 valence electrons. The topological polar surface area (TPSA) is 128 Å². The Morgan fingerprint density at radius 2 is 1.80 bits per heavy atom. The number of halogens is 3. The Kier molecular flexibility index (Phi) is 6.35. The summed E-state index contributed by atoms with van der Waals surface area (Å²) in [6.45, 7) is -0.715. The molecule has 0 saturated carbocycles. The summed E-state index contributed by atoms with van der Waals surface area (Å²) in [5.41, 5.74) is -0.463. The van der Waals surface area contributed by atoms with Crippen LogP contribution in [-0.4, -0.2) is 67.9 Å². The lowest BCUT2D eigenvalue weighted by Crippen LogP contribution is -2.60. The van der Waals surface area contributed by atoms with Gasteiger partial charge in [0.1, 0.15) is 30.1 Å². The highest BCUT2D eigenvalue weighted by molar-refractivity contribution is 5.40. The molecule has 1 aliphatic heterocycles. The molecule has 0 bridgehead atoms. The highest BCUT2D eigenvalue weighted by Gasteiger charge is 2.46. The Hall–Kier alpha value is -2.62. The zero-order valence-corrected chi connectivity index (χ0v) is 15.4. The van der Waals surface area contributed by atoms with Crippen LogP contribution in [0.3, 0.4) is 0 Å². The van der Waals surface area contributed by atoms with E-state index >= 15 is 0 Å². The number of benzene rings is 1. The highest BCUT2D eigenvalue weighted by Crippen LogP contribution is 2.36. The minimum Gasteiger partial charge on any atom is -0.443 e. The lowest BCUT2D eigenvalue weighted by molar-refractivity contribution is -0.278. The van der Waals surface area contributed by atoms with Crippen molar-refractivity contribution in [2.75, 3.05) is 6.61 Å². The molecule has 1 saturated heterocycles. The fourth-order valence-corrected chi connectivity index (χ4v) is 3.04. The van der Waals surface area contributed by atoms with E-state index < -0.39 is 55.1 Å². The predicted octanol–water partition coefficient (Wildman–Crippen LogP) is 0.179. The van der Waals surface area contributed by atoms with Gasteiger partial charge in [0.25, 0.3) is 0 Å². The molecule has 2 heterocycles. The molecular weight excluding hydrogens is 409 g/mol. The molecule has 0 unspecified atom stereocenters. The van der Waals surface area contributed by atoms with E-state index in [1.165, 1.54) is 0 Å². The maximum Gasteiger partial charge on any atom is 0.433 e. The standard InChI is InChI=1S/C19H19F3N2O6/c1-2-9-3-5-10(6-4-9)7-11-16(19(20,21)22)23-24-17(11)30-18-15(28)14(27)13(26)12(8-25)29-18/h1,3-6,12-15,18,25-28H,7-8H2,(H,23,24)/t12-,13-,14+,15-,18+/m1/s1. The summed E-state index contributed by atoms with van der Waals surface area (Å²) >= 11 is 0. The van der Waals surface area contributed by atoms with E-state index in [9.17, 15) is 33.6 Å². The van der Waals surface area contributed by atoms with Gasteiger partial charge in [-0.25, -0.2) is 0 Å². The fraction of sp³-hybridized carbons (Fsp3) is 0.421. The van der Waals surface area contributed by atoms with Crippen molar-refractivity contribution in [1.82, 2.24) is 10.2 Å². The molecule has 0 aliphatic carbocycles. The van der Waals surface area contributed by atoms with Crippen LogP contribution in [0.25, 0.3) is 0 Å². The number of hydrogen-bond acceptors (Lipinski definition) is 7. The molecule has 0 radical (unpaired) electrons. The Morgan fingerprint density at radius 1 is 1.13 bits per heavy atom. The van der Waals surface area contributed by atoms with Gasteiger partial charge >= 0.3 is 6.18 Å². The monoisotopic (exact) mass is 428 g/mol. The minimum atomic E-state index is -4.77. The number of aromatic amines is 1. The van der Waals surface area contributed by atoms with Gasteiger partial charge in [0.2, 0.25) is 12.2 Å². The third-order valence-electron chi connectivity index (χ3n) is 4.69. The number of aliphatic hydroxyl groups is 4. The first kappa shape index (κ1) is 22.1. The molecule has 0 spiro atoms. The fourth-order valence-electron chi connectivity index (χ4n) is 3.04. The number of aliphatic hydroxyl groups excluding tert-OH is 4. The number of aromatic nitrogens is 2. The number of nitrogens with one attached hydrogen (secondary N) is 1. The number of ether oxygens (including phenoxy) is 2. The Bertz CT molecular complexity index is 906. The predicted molar refractivity (Wildman–Crippen MR) is 95.2 cm³/mol. The zero-order chi connectivity index (χ0) is 22.1. The van der Waals surface area contributed by atoms with Gasteiger partial charge in [-0.3, -0.25) is 5.10 Å². The quantitative estimate of drug-likeness (QED) is 0.430. The van der Waals surface area contributed by atoms with Crippen LogP contribution in [-0.2, 0) is 17.3 Å². The van der Waals surface area contributed by atoms with Gasteiger partial charge in [-0.15, -0.1) is 11.5 Å². The van der Waals surface area contributed by atoms with E-state index in [1.807, 2.05) is 5.10 Å². The summed E-state index contributed by atoms with van der Waals surface area (Å²) in [5, 5.41) is 44.4. The molecule has 1 fully saturated rings. The number of H-pyrrole nitrogens is 1. The Labute approximate surface area is 168 Å². The van der Waals surface area contributed by atoms with Crippen molar-refractivity contribution in [3.63, 3.8) is 0 Å². The van der Waals surface area contributed by atoms with Gasteiger partial charge in [0.05, 0.1) is 12.2 Å². The van der Waals surface area contributed by atoms with E-state index in [0.717, 1.165) is 0 Å². The summed E-state index contributed by atoms with van der Waals surface area (Å²) in [7, 11) is 0. The van der Waals surface area contributed by atoms with E-state index in [2.05, 4.69) is 11.0 Å². The SMILES string of the molecule is C#Cc1ccc(Cc2c(O[C@@H]3O[C@H](CO)[C@@H](O)[C@H](O)[C@H]3O)n[nH]c2C(F)(F)F)cc1. The van der Waals surface area contributed by atoms with Crippen LogP contribution in [0.1, 0.15) is 22.4 Å². The molecule has 2 aromatic rings. The molecule has 3 rings (SSSR count). The molecule has 1 aromatic heterocycles. The number of nitrogens with zero attached hydrogens (tertiary/aromatic N) is 1. The van der Waals surface area contributed by atoms with E-state index in [4.69, 9.17) is 15.9 Å². The van der Waals surface area contributed by atoms with Crippen LogP contribution < -0.4 is 4.74 Å². The second-order valence-electron chi connectivity index (χ2n) is 6.71. The second kappa shape index (κ2) is 8.63. The zero-order valence-electron chi connectivity index (χ0n) is 15.4. The van der Waals surface area contributed by atoms with E-state index in [1.54, 1.807) is 24.3 Å². The molecule has 30 heavy (non-hydrogen) atoms. The maximum atomic E-state index is 13.4.